The van der Waals surface area contributed by atoms with Crippen LogP contribution in [0, 0.1) is 6.07 Å². The first-order chi connectivity index (χ1) is 7.58. The van der Waals surface area contributed by atoms with Gasteiger partial charge < -0.3 is 15.7 Å². The lowest BCUT2D eigenvalue weighted by molar-refractivity contribution is 0.00586. The van der Waals surface area contributed by atoms with Crippen LogP contribution in [0.25, 0.3) is 0 Å². The molecule has 1 aromatic heterocycles. The average molecular weight is 220 g/mol. The molecule has 2 amide bonds. The summed E-state index contributed by atoms with van der Waals surface area (Å²) >= 11 is 0. The van der Waals surface area contributed by atoms with Gasteiger partial charge in [0.2, 0.25) is 0 Å². The molecule has 6 nitrogen and oxygen atoms in total. The van der Waals surface area contributed by atoms with Crippen LogP contribution in [0.1, 0.15) is 20.8 Å². The molecule has 1 fully saturated rings. The summed E-state index contributed by atoms with van der Waals surface area (Å²) in [5.41, 5.74) is 5.20. The van der Waals surface area contributed by atoms with Gasteiger partial charge in [0, 0.05) is 25.4 Å². The number of hydrogen-bond donors (Lipinski definition) is 2. The number of hydrogen-bond acceptors (Lipinski definition) is 4. The van der Waals surface area contributed by atoms with Gasteiger partial charge >= 0.3 is 0 Å². The molecule has 3 N–H and O–H groups in total. The van der Waals surface area contributed by atoms with Crippen molar-refractivity contribution in [3.8, 4) is 0 Å². The third kappa shape index (κ3) is 1.87. The Bertz CT molecular complexity index is 441. The van der Waals surface area contributed by atoms with E-state index < -0.39 is 12.0 Å². The summed E-state index contributed by atoms with van der Waals surface area (Å²) in [7, 11) is 0. The molecule has 1 saturated heterocycles. The summed E-state index contributed by atoms with van der Waals surface area (Å²) in [6.07, 6.45) is 0.876. The van der Waals surface area contributed by atoms with Gasteiger partial charge in [-0.1, -0.05) is 0 Å². The van der Waals surface area contributed by atoms with Crippen molar-refractivity contribution < 1.29 is 14.7 Å². The van der Waals surface area contributed by atoms with E-state index in [2.05, 4.69) is 11.1 Å². The van der Waals surface area contributed by atoms with Crippen molar-refractivity contribution in [2.45, 2.75) is 6.10 Å². The van der Waals surface area contributed by atoms with Gasteiger partial charge in [-0.25, -0.2) is 0 Å². The lowest BCUT2D eigenvalue weighted by atomic mass is 10.1. The topological polar surface area (TPSA) is 96.5 Å². The average Bonchev–Trinajstić information content (AvgIpc) is 2.24. The van der Waals surface area contributed by atoms with Gasteiger partial charge in [0.05, 0.1) is 11.7 Å². The minimum atomic E-state index is -0.724. The first-order valence-corrected chi connectivity index (χ1v) is 4.73. The fraction of sp³-hybridized carbons (Fsp3) is 0.300. The normalized spacial score (nSPS) is 15.7. The molecule has 6 heteroatoms. The smallest absolute Gasteiger partial charge is 0.267 e. The fourth-order valence-corrected chi connectivity index (χ4v) is 1.43. The predicted molar refractivity (Wildman–Crippen MR) is 53.5 cm³/mol. The number of amides is 2. The van der Waals surface area contributed by atoms with Crippen LogP contribution in [0.15, 0.2) is 12.3 Å². The Labute approximate surface area is 91.7 Å². The lowest BCUT2D eigenvalue weighted by Gasteiger charge is -2.35. The van der Waals surface area contributed by atoms with E-state index in [0.29, 0.717) is 13.1 Å². The molecule has 1 radical (unpaired) electrons. The minimum absolute atomic E-state index is 0.0630. The van der Waals surface area contributed by atoms with E-state index in [1.165, 1.54) is 17.2 Å². The van der Waals surface area contributed by atoms with E-state index in [4.69, 9.17) is 10.8 Å². The summed E-state index contributed by atoms with van der Waals surface area (Å²) in [6.45, 7) is 0.613. The molecule has 0 bridgehead atoms. The lowest BCUT2D eigenvalue weighted by Crippen LogP contribution is -2.53. The second-order valence-electron chi connectivity index (χ2n) is 3.56. The Balaban J connectivity index is 2.17. The van der Waals surface area contributed by atoms with E-state index in [-0.39, 0.29) is 17.2 Å². The largest absolute Gasteiger partial charge is 0.389 e. The maximum absolute atomic E-state index is 11.8. The summed E-state index contributed by atoms with van der Waals surface area (Å²) in [6, 6.07) is 4.01. The van der Waals surface area contributed by atoms with Crippen molar-refractivity contribution in [3.63, 3.8) is 0 Å². The second kappa shape index (κ2) is 3.90. The van der Waals surface area contributed by atoms with Crippen molar-refractivity contribution in [2.75, 3.05) is 13.1 Å². The number of carbonyl (C=O) groups is 2. The highest BCUT2D eigenvalue weighted by molar-refractivity contribution is 5.97. The minimum Gasteiger partial charge on any atom is -0.389 e. The number of nitrogens with zero attached hydrogens (tertiary/aromatic N) is 2. The predicted octanol–water partition coefficient (Wildman–Crippen LogP) is -1.20. The number of primary amides is 1. The third-order valence-corrected chi connectivity index (χ3v) is 2.31. The number of pyridine rings is 1. The highest BCUT2D eigenvalue weighted by Crippen LogP contribution is 2.12. The first kappa shape index (κ1) is 10.6. The van der Waals surface area contributed by atoms with Gasteiger partial charge in [-0.15, -0.1) is 0 Å². The molecule has 16 heavy (non-hydrogen) atoms. The number of likely N-dealkylation sites (tertiary alicyclic amines) is 1. The van der Waals surface area contributed by atoms with Crippen LogP contribution in [0.2, 0.25) is 0 Å². The molecule has 0 saturated carbocycles. The van der Waals surface area contributed by atoms with E-state index in [1.807, 2.05) is 0 Å². The number of rotatable bonds is 2. The molecule has 0 aromatic carbocycles. The quantitative estimate of drug-likeness (QED) is 0.654. The van der Waals surface area contributed by atoms with Gasteiger partial charge in [-0.3, -0.25) is 14.6 Å². The van der Waals surface area contributed by atoms with Crippen molar-refractivity contribution in [1.82, 2.24) is 9.88 Å². The van der Waals surface area contributed by atoms with E-state index >= 15 is 0 Å². The van der Waals surface area contributed by atoms with Crippen LogP contribution in [-0.4, -0.2) is 46.0 Å². The molecule has 1 aliphatic heterocycles. The molecule has 0 spiro atoms. The maximum atomic E-state index is 11.8. The first-order valence-electron chi connectivity index (χ1n) is 4.73. The monoisotopic (exact) mass is 220 g/mol. The number of carbonyl (C=O) groups excluding carboxylic acids is 2. The van der Waals surface area contributed by atoms with Gasteiger partial charge in [-0.05, 0) is 6.07 Å². The van der Waals surface area contributed by atoms with Crippen molar-refractivity contribution in [2.24, 2.45) is 5.73 Å². The van der Waals surface area contributed by atoms with Crippen molar-refractivity contribution in [1.29, 1.82) is 0 Å². The SMILES string of the molecule is NC(=O)c1[c]c(C(=O)N2CC(O)C2)ccn1. The second-order valence-corrected chi connectivity index (χ2v) is 3.56. The highest BCUT2D eigenvalue weighted by atomic mass is 16.3. The summed E-state index contributed by atoms with van der Waals surface area (Å²) in [5.74, 6) is -1.01. The molecule has 0 aliphatic carbocycles. The van der Waals surface area contributed by atoms with Crippen molar-refractivity contribution in [3.05, 3.63) is 29.6 Å². The Morgan fingerprint density at radius 1 is 1.56 bits per heavy atom. The zero-order chi connectivity index (χ0) is 11.7. The number of nitrogens with two attached hydrogens (primary N) is 1. The standard InChI is InChI=1S/C10H10N3O3/c11-9(15)8-3-6(1-2-12-8)10(16)13-4-7(14)5-13/h1-2,7,14H,4-5H2,(H2,11,15). The zero-order valence-electron chi connectivity index (χ0n) is 8.38. The molecule has 2 heterocycles. The molecule has 1 aliphatic rings. The molecule has 1 aromatic rings. The Kier molecular flexibility index (Phi) is 2.57. The fourth-order valence-electron chi connectivity index (χ4n) is 1.43. The molecule has 83 valence electrons. The summed E-state index contributed by atoms with van der Waals surface area (Å²) < 4.78 is 0. The van der Waals surface area contributed by atoms with Crippen molar-refractivity contribution >= 4 is 11.8 Å². The van der Waals surface area contributed by atoms with Crippen LogP contribution in [-0.2, 0) is 0 Å². The molecule has 2 rings (SSSR count). The number of aliphatic hydroxyl groups excluding tert-OH is 1. The van der Waals surface area contributed by atoms with Gasteiger partial charge in [0.25, 0.3) is 11.8 Å². The van der Waals surface area contributed by atoms with Gasteiger partial charge in [0.1, 0.15) is 5.69 Å². The number of aliphatic hydroxyl groups is 1. The van der Waals surface area contributed by atoms with Gasteiger partial charge in [0.15, 0.2) is 0 Å². The Morgan fingerprint density at radius 3 is 2.81 bits per heavy atom. The van der Waals surface area contributed by atoms with E-state index in [1.54, 1.807) is 0 Å². The van der Waals surface area contributed by atoms with E-state index in [0.717, 1.165) is 0 Å². The summed E-state index contributed by atoms with van der Waals surface area (Å²) in [5, 5.41) is 9.07. The molecule has 0 atom stereocenters. The highest BCUT2D eigenvalue weighted by Gasteiger charge is 2.29. The number of β-amino-alcohol motifs (C(OH)–C–C–N with tert-alkyl or cyclic N) is 1. The molecular formula is C10H10N3O3. The Morgan fingerprint density at radius 2 is 2.25 bits per heavy atom. The van der Waals surface area contributed by atoms with Crippen LogP contribution >= 0.6 is 0 Å². The third-order valence-electron chi connectivity index (χ3n) is 2.31. The molecule has 0 unspecified atom stereocenters. The van der Waals surface area contributed by atoms with Crippen LogP contribution in [0.5, 0.6) is 0 Å². The summed E-state index contributed by atoms with van der Waals surface area (Å²) in [4.78, 5) is 27.7. The molecular weight excluding hydrogens is 210 g/mol. The zero-order valence-corrected chi connectivity index (χ0v) is 8.38. The van der Waals surface area contributed by atoms with E-state index in [9.17, 15) is 9.59 Å². The number of aromatic nitrogens is 1. The maximum Gasteiger partial charge on any atom is 0.267 e. The van der Waals surface area contributed by atoms with Crippen LogP contribution in [0.3, 0.4) is 0 Å². The van der Waals surface area contributed by atoms with Crippen LogP contribution < -0.4 is 5.73 Å². The van der Waals surface area contributed by atoms with Crippen LogP contribution in [0.4, 0.5) is 0 Å². The Hall–Kier alpha value is -1.95. The van der Waals surface area contributed by atoms with Gasteiger partial charge in [-0.2, -0.15) is 0 Å².